The van der Waals surface area contributed by atoms with Crippen molar-refractivity contribution in [3.05, 3.63) is 28.9 Å². The summed E-state index contributed by atoms with van der Waals surface area (Å²) in [5.74, 6) is 0.557. The Morgan fingerprint density at radius 2 is 2.42 bits per heavy atom. The third-order valence-electron chi connectivity index (χ3n) is 1.34. The van der Waals surface area contributed by atoms with Crippen molar-refractivity contribution < 1.29 is 4.74 Å². The number of hydrogen-bond donors (Lipinski definition) is 0. The van der Waals surface area contributed by atoms with Crippen molar-refractivity contribution in [3.8, 4) is 5.75 Å². The van der Waals surface area contributed by atoms with Crippen LogP contribution in [-0.4, -0.2) is 12.1 Å². The van der Waals surface area contributed by atoms with Crippen LogP contribution in [0.2, 0.25) is 0 Å². The van der Waals surface area contributed by atoms with Gasteiger partial charge in [0, 0.05) is 11.8 Å². The molecule has 1 heterocycles. The number of pyridine rings is 1. The number of nitroso groups, excluding NO2 is 1. The third kappa shape index (κ3) is 1.92. The number of nitrogens with zero attached hydrogens (tertiary/aromatic N) is 2. The van der Waals surface area contributed by atoms with E-state index in [1.54, 1.807) is 6.07 Å². The van der Waals surface area contributed by atoms with Gasteiger partial charge in [0.15, 0.2) is 5.50 Å². The first-order chi connectivity index (χ1) is 5.77. The van der Waals surface area contributed by atoms with Crippen molar-refractivity contribution in [2.24, 2.45) is 5.18 Å². The minimum absolute atomic E-state index is 0.533. The minimum atomic E-state index is -0.896. The molecular weight excluding hydrogens is 180 g/mol. The first kappa shape index (κ1) is 8.93. The van der Waals surface area contributed by atoms with Gasteiger partial charge >= 0.3 is 0 Å². The average Bonchev–Trinajstić information content (AvgIpc) is 2.17. The van der Waals surface area contributed by atoms with E-state index in [4.69, 9.17) is 16.3 Å². The van der Waals surface area contributed by atoms with E-state index in [9.17, 15) is 4.91 Å². The molecule has 0 N–H and O–H groups in total. The van der Waals surface area contributed by atoms with Gasteiger partial charge in [-0.1, -0.05) is 11.6 Å². The van der Waals surface area contributed by atoms with Crippen LogP contribution in [0.4, 0.5) is 0 Å². The Morgan fingerprint density at radius 3 is 3.00 bits per heavy atom. The lowest BCUT2D eigenvalue weighted by Gasteiger charge is -2.02. The second-order valence-electron chi connectivity index (χ2n) is 2.10. The fourth-order valence-electron chi connectivity index (χ4n) is 0.738. The summed E-state index contributed by atoms with van der Waals surface area (Å²) >= 11 is 5.54. The summed E-state index contributed by atoms with van der Waals surface area (Å²) in [5.41, 5.74) is -0.362. The SMILES string of the molecule is COc1cncc(C(Cl)N=O)c1. The Bertz CT molecular complexity index is 280. The molecule has 1 rings (SSSR count). The van der Waals surface area contributed by atoms with Gasteiger partial charge in [-0.15, -0.1) is 4.91 Å². The highest BCUT2D eigenvalue weighted by Crippen LogP contribution is 2.23. The molecule has 12 heavy (non-hydrogen) atoms. The number of aromatic nitrogens is 1. The van der Waals surface area contributed by atoms with Crippen molar-refractivity contribution in [1.82, 2.24) is 4.98 Å². The van der Waals surface area contributed by atoms with E-state index in [2.05, 4.69) is 10.2 Å². The zero-order chi connectivity index (χ0) is 8.97. The van der Waals surface area contributed by atoms with Gasteiger partial charge in [0.05, 0.1) is 13.3 Å². The third-order valence-corrected chi connectivity index (χ3v) is 1.67. The molecule has 5 heteroatoms. The van der Waals surface area contributed by atoms with Gasteiger partial charge in [0.25, 0.3) is 0 Å². The molecule has 0 fully saturated rings. The predicted octanol–water partition coefficient (Wildman–Crippen LogP) is 2.09. The summed E-state index contributed by atoms with van der Waals surface area (Å²) in [7, 11) is 1.51. The van der Waals surface area contributed by atoms with Crippen molar-refractivity contribution >= 4 is 11.6 Å². The van der Waals surface area contributed by atoms with Crippen LogP contribution in [0, 0.1) is 4.91 Å². The molecule has 1 unspecified atom stereocenters. The Labute approximate surface area is 74.5 Å². The van der Waals surface area contributed by atoms with Crippen LogP contribution < -0.4 is 4.74 Å². The summed E-state index contributed by atoms with van der Waals surface area (Å²) in [6.07, 6.45) is 3.00. The maximum Gasteiger partial charge on any atom is 0.192 e. The maximum atomic E-state index is 10.1. The van der Waals surface area contributed by atoms with E-state index in [0.717, 1.165) is 0 Å². The predicted molar refractivity (Wildman–Crippen MR) is 45.2 cm³/mol. The highest BCUT2D eigenvalue weighted by molar-refractivity contribution is 6.20. The standard InChI is InChI=1S/C7H7ClN2O2/c1-12-6-2-5(3-9-4-6)7(8)10-11/h2-4,7H,1H3. The fraction of sp³-hybridized carbons (Fsp3) is 0.286. The first-order valence-electron chi connectivity index (χ1n) is 3.23. The molecule has 4 nitrogen and oxygen atoms in total. The van der Waals surface area contributed by atoms with Gasteiger partial charge in [-0.25, -0.2) is 0 Å². The van der Waals surface area contributed by atoms with Gasteiger partial charge in [-0.2, -0.15) is 0 Å². The minimum Gasteiger partial charge on any atom is -0.495 e. The van der Waals surface area contributed by atoms with Crippen LogP contribution in [-0.2, 0) is 0 Å². The number of halogens is 1. The van der Waals surface area contributed by atoms with Gasteiger partial charge < -0.3 is 4.74 Å². The van der Waals surface area contributed by atoms with Crippen LogP contribution in [0.25, 0.3) is 0 Å². The molecule has 0 bridgehead atoms. The normalized spacial score (nSPS) is 12.2. The molecule has 0 amide bonds. The molecule has 1 aromatic rings. The van der Waals surface area contributed by atoms with Crippen LogP contribution in [0.5, 0.6) is 5.75 Å². The van der Waals surface area contributed by atoms with Crippen molar-refractivity contribution in [3.63, 3.8) is 0 Å². The maximum absolute atomic E-state index is 10.1. The number of ether oxygens (including phenoxy) is 1. The van der Waals surface area contributed by atoms with Gasteiger partial charge in [0.1, 0.15) is 5.75 Å². The Balaban J connectivity index is 2.93. The molecule has 64 valence electrons. The molecule has 0 aliphatic heterocycles. The molecule has 0 radical (unpaired) electrons. The lowest BCUT2D eigenvalue weighted by molar-refractivity contribution is 0.412. The number of methoxy groups -OCH3 is 1. The van der Waals surface area contributed by atoms with Gasteiger partial charge in [-0.3, -0.25) is 4.98 Å². The topological polar surface area (TPSA) is 51.6 Å². The van der Waals surface area contributed by atoms with Crippen LogP contribution in [0.1, 0.15) is 11.1 Å². The van der Waals surface area contributed by atoms with Crippen molar-refractivity contribution in [2.75, 3.05) is 7.11 Å². The van der Waals surface area contributed by atoms with E-state index < -0.39 is 5.50 Å². The summed E-state index contributed by atoms with van der Waals surface area (Å²) in [4.78, 5) is 13.9. The molecular formula is C7H7ClN2O2. The zero-order valence-corrected chi connectivity index (χ0v) is 7.15. The van der Waals surface area contributed by atoms with E-state index in [1.807, 2.05) is 0 Å². The Morgan fingerprint density at radius 1 is 1.67 bits per heavy atom. The second-order valence-corrected chi connectivity index (χ2v) is 2.51. The first-order valence-corrected chi connectivity index (χ1v) is 3.67. The largest absolute Gasteiger partial charge is 0.495 e. The summed E-state index contributed by atoms with van der Waals surface area (Å²) < 4.78 is 4.88. The average molecular weight is 187 g/mol. The summed E-state index contributed by atoms with van der Waals surface area (Å²) in [6, 6.07) is 1.62. The molecule has 0 aliphatic rings. The fourth-order valence-corrected chi connectivity index (χ4v) is 0.858. The molecule has 0 saturated heterocycles. The lowest BCUT2D eigenvalue weighted by Crippen LogP contribution is -1.90. The van der Waals surface area contributed by atoms with Crippen molar-refractivity contribution in [2.45, 2.75) is 5.50 Å². The monoisotopic (exact) mass is 186 g/mol. The van der Waals surface area contributed by atoms with Crippen LogP contribution in [0.3, 0.4) is 0 Å². The second kappa shape index (κ2) is 4.01. The van der Waals surface area contributed by atoms with E-state index >= 15 is 0 Å². The van der Waals surface area contributed by atoms with Crippen LogP contribution >= 0.6 is 11.6 Å². The summed E-state index contributed by atoms with van der Waals surface area (Å²) in [6.45, 7) is 0. The van der Waals surface area contributed by atoms with E-state index in [1.165, 1.54) is 19.5 Å². The Kier molecular flexibility index (Phi) is 2.99. The quantitative estimate of drug-likeness (QED) is 0.413. The highest BCUT2D eigenvalue weighted by Gasteiger charge is 2.07. The molecule has 0 saturated carbocycles. The lowest BCUT2D eigenvalue weighted by atomic mass is 10.3. The van der Waals surface area contributed by atoms with Crippen LogP contribution in [0.15, 0.2) is 23.6 Å². The smallest absolute Gasteiger partial charge is 0.192 e. The molecule has 0 aromatic carbocycles. The Hall–Kier alpha value is -1.16. The molecule has 0 spiro atoms. The number of rotatable bonds is 3. The summed E-state index contributed by atoms with van der Waals surface area (Å²) in [5, 5.41) is 2.65. The van der Waals surface area contributed by atoms with Crippen molar-refractivity contribution in [1.29, 1.82) is 0 Å². The van der Waals surface area contributed by atoms with E-state index in [-0.39, 0.29) is 0 Å². The van der Waals surface area contributed by atoms with Gasteiger partial charge in [0.2, 0.25) is 0 Å². The molecule has 0 aliphatic carbocycles. The van der Waals surface area contributed by atoms with Gasteiger partial charge in [-0.05, 0) is 11.2 Å². The highest BCUT2D eigenvalue weighted by atomic mass is 35.5. The zero-order valence-electron chi connectivity index (χ0n) is 6.40. The molecule has 1 atom stereocenters. The number of hydrogen-bond acceptors (Lipinski definition) is 4. The number of alkyl halides is 1. The van der Waals surface area contributed by atoms with E-state index in [0.29, 0.717) is 11.3 Å². The molecule has 1 aromatic heterocycles.